The topological polar surface area (TPSA) is 18.5 Å². The van der Waals surface area contributed by atoms with Gasteiger partial charge in [-0.3, -0.25) is 0 Å². The highest BCUT2D eigenvalue weighted by atomic mass is 16.5. The quantitative estimate of drug-likeness (QED) is 0.708. The zero-order chi connectivity index (χ0) is 9.84. The smallest absolute Gasteiger partial charge is 0.126 e. The fourth-order valence-electron chi connectivity index (χ4n) is 1.22. The lowest BCUT2D eigenvalue weighted by atomic mass is 10.1. The minimum Gasteiger partial charge on any atom is -0.497 e. The third kappa shape index (κ3) is 1.83. The Balaban J connectivity index is 3.28. The molecule has 0 fully saturated rings. The van der Waals surface area contributed by atoms with Crippen molar-refractivity contribution in [3.8, 4) is 11.5 Å². The molecule has 1 rings (SSSR count). The zero-order valence-electron chi connectivity index (χ0n) is 8.26. The first-order chi connectivity index (χ1) is 6.22. The maximum Gasteiger partial charge on any atom is 0.126 e. The molecule has 1 aromatic rings. The summed E-state index contributed by atoms with van der Waals surface area (Å²) in [6.07, 6.45) is 1.79. The van der Waals surface area contributed by atoms with Crippen LogP contribution in [0.4, 0.5) is 0 Å². The van der Waals surface area contributed by atoms with Crippen LogP contribution in [0.3, 0.4) is 0 Å². The average molecular weight is 178 g/mol. The third-order valence-corrected chi connectivity index (χ3v) is 2.05. The second kappa shape index (κ2) is 3.99. The van der Waals surface area contributed by atoms with Crippen molar-refractivity contribution in [1.29, 1.82) is 0 Å². The maximum absolute atomic E-state index is 5.20. The van der Waals surface area contributed by atoms with E-state index in [2.05, 4.69) is 6.58 Å². The van der Waals surface area contributed by atoms with Crippen LogP contribution < -0.4 is 9.47 Å². The Kier molecular flexibility index (Phi) is 2.96. The molecule has 0 aliphatic heterocycles. The van der Waals surface area contributed by atoms with Gasteiger partial charge in [-0.2, -0.15) is 0 Å². The average Bonchev–Trinajstić information content (AvgIpc) is 2.18. The van der Waals surface area contributed by atoms with Crippen molar-refractivity contribution in [1.82, 2.24) is 0 Å². The van der Waals surface area contributed by atoms with E-state index in [9.17, 15) is 0 Å². The van der Waals surface area contributed by atoms with E-state index >= 15 is 0 Å². The molecule has 0 aliphatic carbocycles. The molecule has 0 heterocycles. The van der Waals surface area contributed by atoms with Crippen molar-refractivity contribution in [2.75, 3.05) is 14.2 Å². The Hall–Kier alpha value is -1.44. The lowest BCUT2D eigenvalue weighted by Gasteiger charge is -2.10. The van der Waals surface area contributed by atoms with Crippen molar-refractivity contribution < 1.29 is 9.47 Å². The summed E-state index contributed by atoms with van der Waals surface area (Å²) in [6, 6.07) is 3.80. The molecule has 0 radical (unpaired) electrons. The summed E-state index contributed by atoms with van der Waals surface area (Å²) in [5.41, 5.74) is 2.12. The maximum atomic E-state index is 5.20. The number of benzene rings is 1. The van der Waals surface area contributed by atoms with Gasteiger partial charge in [0.2, 0.25) is 0 Å². The molecule has 0 unspecified atom stereocenters. The summed E-state index contributed by atoms with van der Waals surface area (Å²) in [6.45, 7) is 5.73. The molecule has 0 atom stereocenters. The van der Waals surface area contributed by atoms with Crippen molar-refractivity contribution in [3.63, 3.8) is 0 Å². The van der Waals surface area contributed by atoms with Gasteiger partial charge in [0.05, 0.1) is 14.2 Å². The largest absolute Gasteiger partial charge is 0.497 e. The van der Waals surface area contributed by atoms with Crippen LogP contribution in [0.5, 0.6) is 11.5 Å². The lowest BCUT2D eigenvalue weighted by Crippen LogP contribution is -1.92. The highest BCUT2D eigenvalue weighted by Gasteiger charge is 2.05. The molecule has 70 valence electrons. The van der Waals surface area contributed by atoms with E-state index in [0.29, 0.717) is 0 Å². The van der Waals surface area contributed by atoms with E-state index in [1.165, 1.54) is 0 Å². The molecule has 0 N–H and O–H groups in total. The summed E-state index contributed by atoms with van der Waals surface area (Å²) >= 11 is 0. The van der Waals surface area contributed by atoms with Gasteiger partial charge in [0.15, 0.2) is 0 Å². The molecule has 0 saturated heterocycles. The first-order valence-electron chi connectivity index (χ1n) is 4.08. The lowest BCUT2D eigenvalue weighted by molar-refractivity contribution is 0.392. The van der Waals surface area contributed by atoms with Crippen molar-refractivity contribution in [2.24, 2.45) is 0 Å². The van der Waals surface area contributed by atoms with Crippen molar-refractivity contribution in [3.05, 3.63) is 29.8 Å². The summed E-state index contributed by atoms with van der Waals surface area (Å²) < 4.78 is 10.3. The first-order valence-corrected chi connectivity index (χ1v) is 4.08. The number of hydrogen-bond acceptors (Lipinski definition) is 2. The van der Waals surface area contributed by atoms with E-state index in [1.807, 2.05) is 19.1 Å². The first kappa shape index (κ1) is 9.65. The van der Waals surface area contributed by atoms with Gasteiger partial charge >= 0.3 is 0 Å². The Morgan fingerprint density at radius 2 is 1.92 bits per heavy atom. The number of methoxy groups -OCH3 is 2. The van der Waals surface area contributed by atoms with Gasteiger partial charge in [-0.25, -0.2) is 0 Å². The van der Waals surface area contributed by atoms with Crippen LogP contribution in [0.1, 0.15) is 11.1 Å². The van der Waals surface area contributed by atoms with E-state index in [-0.39, 0.29) is 0 Å². The fraction of sp³-hybridized carbons (Fsp3) is 0.273. The van der Waals surface area contributed by atoms with Crippen molar-refractivity contribution in [2.45, 2.75) is 6.92 Å². The minimum atomic E-state index is 0.789. The minimum absolute atomic E-state index is 0.789. The molecule has 0 aliphatic rings. The van der Waals surface area contributed by atoms with Gasteiger partial charge in [-0.1, -0.05) is 12.7 Å². The second-order valence-electron chi connectivity index (χ2n) is 2.75. The third-order valence-electron chi connectivity index (χ3n) is 2.05. The van der Waals surface area contributed by atoms with Crippen LogP contribution in [-0.4, -0.2) is 14.2 Å². The Bertz CT molecular complexity index is 316. The molecular formula is C11H14O2. The molecule has 13 heavy (non-hydrogen) atoms. The Morgan fingerprint density at radius 1 is 1.23 bits per heavy atom. The van der Waals surface area contributed by atoms with Crippen molar-refractivity contribution >= 4 is 6.08 Å². The molecule has 0 saturated carbocycles. The van der Waals surface area contributed by atoms with Gasteiger partial charge in [0.1, 0.15) is 11.5 Å². The SMILES string of the molecule is C=Cc1cc(OC)cc(OC)c1C. The van der Waals surface area contributed by atoms with Crippen LogP contribution in [-0.2, 0) is 0 Å². The molecular weight excluding hydrogens is 164 g/mol. The summed E-state index contributed by atoms with van der Waals surface area (Å²) in [5, 5.41) is 0. The van der Waals surface area contributed by atoms with Gasteiger partial charge in [-0.15, -0.1) is 0 Å². The molecule has 2 nitrogen and oxygen atoms in total. The molecule has 0 spiro atoms. The predicted molar refractivity (Wildman–Crippen MR) is 54.4 cm³/mol. The highest BCUT2D eigenvalue weighted by Crippen LogP contribution is 2.28. The Morgan fingerprint density at radius 3 is 2.38 bits per heavy atom. The molecule has 1 aromatic carbocycles. The van der Waals surface area contributed by atoms with Gasteiger partial charge < -0.3 is 9.47 Å². The van der Waals surface area contributed by atoms with E-state index in [0.717, 1.165) is 22.6 Å². The summed E-state index contributed by atoms with van der Waals surface area (Å²) in [4.78, 5) is 0. The van der Waals surface area contributed by atoms with Gasteiger partial charge in [-0.05, 0) is 24.1 Å². The zero-order valence-corrected chi connectivity index (χ0v) is 8.26. The van der Waals surface area contributed by atoms with E-state index < -0.39 is 0 Å². The monoisotopic (exact) mass is 178 g/mol. The van der Waals surface area contributed by atoms with E-state index in [1.54, 1.807) is 20.3 Å². The molecule has 0 bridgehead atoms. The second-order valence-corrected chi connectivity index (χ2v) is 2.75. The van der Waals surface area contributed by atoms with Crippen LogP contribution in [0.15, 0.2) is 18.7 Å². The summed E-state index contributed by atoms with van der Waals surface area (Å²) in [5.74, 6) is 1.62. The van der Waals surface area contributed by atoms with E-state index in [4.69, 9.17) is 9.47 Å². The van der Waals surface area contributed by atoms with Crippen LogP contribution in [0.2, 0.25) is 0 Å². The molecule has 0 amide bonds. The van der Waals surface area contributed by atoms with Crippen LogP contribution >= 0.6 is 0 Å². The fourth-order valence-corrected chi connectivity index (χ4v) is 1.22. The van der Waals surface area contributed by atoms with Gasteiger partial charge in [0, 0.05) is 6.07 Å². The van der Waals surface area contributed by atoms with Crippen LogP contribution in [0, 0.1) is 6.92 Å². The Labute approximate surface area is 78.8 Å². The highest BCUT2D eigenvalue weighted by molar-refractivity contribution is 5.59. The molecule has 0 aromatic heterocycles. The number of hydrogen-bond donors (Lipinski definition) is 0. The number of ether oxygens (including phenoxy) is 2. The summed E-state index contributed by atoms with van der Waals surface area (Å²) in [7, 11) is 3.28. The molecule has 2 heteroatoms. The van der Waals surface area contributed by atoms with Crippen LogP contribution in [0.25, 0.3) is 6.08 Å². The standard InChI is InChI=1S/C11H14O2/c1-5-9-6-10(12-3)7-11(13-4)8(9)2/h5-7H,1H2,2-4H3. The predicted octanol–water partition coefficient (Wildman–Crippen LogP) is 2.66. The van der Waals surface area contributed by atoms with Gasteiger partial charge in [0.25, 0.3) is 0 Å². The normalized spacial score (nSPS) is 9.46. The number of rotatable bonds is 3.